The van der Waals surface area contributed by atoms with Crippen LogP contribution >= 0.6 is 25.0 Å². The number of thiol groups is 1. The average Bonchev–Trinajstić information content (AvgIpc) is 2.08. The maximum Gasteiger partial charge on any atom is 0.304 e. The zero-order valence-corrected chi connectivity index (χ0v) is 10.2. The quantitative estimate of drug-likeness (QED) is 0.654. The number of ether oxygens (including phenoxy) is 1. The molecule has 0 heterocycles. The first-order valence-electron chi connectivity index (χ1n) is 3.48. The van der Waals surface area contributed by atoms with Crippen LogP contribution in [0.25, 0.3) is 0 Å². The van der Waals surface area contributed by atoms with Crippen molar-refractivity contribution in [2.45, 2.75) is 17.7 Å². The second-order valence-corrected chi connectivity index (χ2v) is 2.75. The summed E-state index contributed by atoms with van der Waals surface area (Å²) >= 11 is 3.90. The Balaban J connectivity index is -0.000000113. The van der Waals surface area contributed by atoms with Crippen molar-refractivity contribution < 1.29 is 36.7 Å². The molecule has 1 nitrogen and oxygen atoms in total. The fraction of sp³-hybridized carbons (Fsp3) is 0.250. The summed E-state index contributed by atoms with van der Waals surface area (Å²) in [6.07, 6.45) is -5.75. The van der Waals surface area contributed by atoms with Gasteiger partial charge in [0.15, 0.2) is 0 Å². The third-order valence-corrected chi connectivity index (χ3v) is 1.67. The zero-order valence-electron chi connectivity index (χ0n) is 8.49. The Hall–Kier alpha value is -0.830. The van der Waals surface area contributed by atoms with Gasteiger partial charge in [-0.3, -0.25) is 18.8 Å². The third-order valence-electron chi connectivity index (χ3n) is 1.30. The molecule has 1 aromatic carbocycles. The molecule has 0 N–H and O–H groups in total. The van der Waals surface area contributed by atoms with Gasteiger partial charge in [0.05, 0.1) is 0 Å². The molecule has 0 radical (unpaired) electrons. The summed E-state index contributed by atoms with van der Waals surface area (Å²) in [5.74, 6) is 0.0126. The second-order valence-electron chi connectivity index (χ2n) is 2.27. The molecule has 10 heteroatoms. The number of para-hydroxylation sites is 1. The molecule has 1 unspecified atom stereocenters. The fourth-order valence-corrected chi connectivity index (χ4v) is 0.943. The molecular formula is C8H12ClF7OS. The van der Waals surface area contributed by atoms with Crippen molar-refractivity contribution in [2.24, 2.45) is 0 Å². The van der Waals surface area contributed by atoms with Crippen LogP contribution in [0.2, 0.25) is 0 Å². The number of hydrogen-bond donors (Lipinski definition) is 1. The Morgan fingerprint density at radius 3 is 1.78 bits per heavy atom. The van der Waals surface area contributed by atoms with Gasteiger partial charge in [-0.25, -0.2) is 8.78 Å². The fourth-order valence-electron chi connectivity index (χ4n) is 0.730. The Labute approximate surface area is 110 Å². The van der Waals surface area contributed by atoms with Crippen LogP contribution in [0.15, 0.2) is 29.2 Å². The van der Waals surface area contributed by atoms with E-state index in [1.54, 1.807) is 12.1 Å². The molecule has 0 aliphatic rings. The van der Waals surface area contributed by atoms with Crippen LogP contribution in [0.4, 0.5) is 32.0 Å². The van der Waals surface area contributed by atoms with Crippen molar-refractivity contribution in [3.05, 3.63) is 24.3 Å². The first kappa shape index (κ1) is 30.3. The van der Waals surface area contributed by atoms with E-state index in [2.05, 4.69) is 17.4 Å². The van der Waals surface area contributed by atoms with E-state index in [9.17, 15) is 13.2 Å². The molecule has 0 bridgehead atoms. The normalized spacial score (nSPS) is 9.39. The van der Waals surface area contributed by atoms with Crippen molar-refractivity contribution in [2.75, 3.05) is 0 Å². The summed E-state index contributed by atoms with van der Waals surface area (Å²) in [5, 5.41) is 0. The highest BCUT2D eigenvalue weighted by atomic mass is 35.5. The predicted octanol–water partition coefficient (Wildman–Crippen LogP) is 3.95. The van der Waals surface area contributed by atoms with Gasteiger partial charge < -0.3 is 4.74 Å². The summed E-state index contributed by atoms with van der Waals surface area (Å²) in [6.45, 7) is 0. The lowest BCUT2D eigenvalue weighted by molar-refractivity contribution is -0.0681. The van der Waals surface area contributed by atoms with Gasteiger partial charge in [0.25, 0.3) is 6.36 Å². The summed E-state index contributed by atoms with van der Waals surface area (Å²) in [4.78, 5) is 0.325. The number of hydrogen-bond acceptors (Lipinski definition) is 2. The van der Waals surface area contributed by atoms with Crippen molar-refractivity contribution in [3.8, 4) is 5.75 Å². The molecule has 0 aliphatic carbocycles. The standard InChI is InChI=1S/C8H7F3OS.ClH.4FH/c9-7(10)8(11)12-5-3-1-2-4-6(5)13;;;;;/h1-4,7-8,13H;5*1H. The van der Waals surface area contributed by atoms with Crippen LogP contribution in [0.1, 0.15) is 0 Å². The van der Waals surface area contributed by atoms with Gasteiger partial charge in [-0.15, -0.1) is 25.0 Å². The molecule has 0 aliphatic heterocycles. The molecule has 1 atom stereocenters. The molecule has 1 aromatic rings. The maximum atomic E-state index is 12.4. The Morgan fingerprint density at radius 2 is 1.39 bits per heavy atom. The lowest BCUT2D eigenvalue weighted by Gasteiger charge is -2.11. The van der Waals surface area contributed by atoms with Gasteiger partial charge in [-0.2, -0.15) is 4.39 Å². The average molecular weight is 325 g/mol. The maximum absolute atomic E-state index is 12.4. The van der Waals surface area contributed by atoms with Crippen LogP contribution in [-0.4, -0.2) is 12.8 Å². The SMILES string of the molecule is Cl.F.F.F.F.FC(F)C(F)Oc1ccccc1S. The summed E-state index contributed by atoms with van der Waals surface area (Å²) in [5.41, 5.74) is 0. The third kappa shape index (κ3) is 9.23. The van der Waals surface area contributed by atoms with E-state index >= 15 is 0 Å². The molecule has 0 saturated carbocycles. The Bertz CT molecular complexity index is 292. The van der Waals surface area contributed by atoms with Gasteiger partial charge in [-0.1, -0.05) is 12.1 Å². The van der Waals surface area contributed by atoms with E-state index in [4.69, 9.17) is 0 Å². The predicted molar refractivity (Wildman–Crippen MR) is 62.5 cm³/mol. The van der Waals surface area contributed by atoms with Crippen molar-refractivity contribution in [1.29, 1.82) is 0 Å². The number of benzene rings is 1. The first-order chi connectivity index (χ1) is 6.11. The zero-order chi connectivity index (χ0) is 9.84. The lowest BCUT2D eigenvalue weighted by Crippen LogP contribution is -2.19. The van der Waals surface area contributed by atoms with E-state index in [0.717, 1.165) is 0 Å². The number of rotatable bonds is 3. The molecule has 0 fully saturated rings. The van der Waals surface area contributed by atoms with Crippen molar-refractivity contribution in [3.63, 3.8) is 0 Å². The van der Waals surface area contributed by atoms with E-state index in [1.807, 2.05) is 0 Å². The molecule has 112 valence electrons. The largest absolute Gasteiger partial charge is 0.453 e. The Kier molecular flexibility index (Phi) is 24.0. The monoisotopic (exact) mass is 324 g/mol. The molecule has 0 spiro atoms. The van der Waals surface area contributed by atoms with Gasteiger partial charge in [-0.05, 0) is 12.1 Å². The van der Waals surface area contributed by atoms with Gasteiger partial charge >= 0.3 is 6.43 Å². The lowest BCUT2D eigenvalue weighted by atomic mass is 10.3. The second kappa shape index (κ2) is 14.2. The van der Waals surface area contributed by atoms with Crippen LogP contribution < -0.4 is 4.74 Å². The summed E-state index contributed by atoms with van der Waals surface area (Å²) < 4.78 is 40.1. The van der Waals surface area contributed by atoms with Crippen LogP contribution in [0.3, 0.4) is 0 Å². The molecular weight excluding hydrogens is 313 g/mol. The minimum absolute atomic E-state index is 0. The summed E-state index contributed by atoms with van der Waals surface area (Å²) in [6, 6.07) is 6.09. The van der Waals surface area contributed by atoms with Gasteiger partial charge in [0.1, 0.15) is 5.75 Å². The molecule has 0 aromatic heterocycles. The van der Waals surface area contributed by atoms with Gasteiger partial charge in [0.2, 0.25) is 0 Å². The molecule has 18 heavy (non-hydrogen) atoms. The number of halogens is 8. The van der Waals surface area contributed by atoms with E-state index < -0.39 is 12.8 Å². The minimum Gasteiger partial charge on any atom is -0.453 e. The van der Waals surface area contributed by atoms with Crippen molar-refractivity contribution >= 4 is 25.0 Å². The van der Waals surface area contributed by atoms with E-state index in [0.29, 0.717) is 4.90 Å². The van der Waals surface area contributed by atoms with Crippen LogP contribution in [-0.2, 0) is 0 Å². The Morgan fingerprint density at radius 1 is 0.944 bits per heavy atom. The minimum atomic E-state index is -3.15. The highest BCUT2D eigenvalue weighted by Crippen LogP contribution is 2.24. The van der Waals surface area contributed by atoms with Gasteiger partial charge in [0, 0.05) is 4.90 Å². The first-order valence-corrected chi connectivity index (χ1v) is 3.93. The summed E-state index contributed by atoms with van der Waals surface area (Å²) in [7, 11) is 0. The van der Waals surface area contributed by atoms with Crippen LogP contribution in [0.5, 0.6) is 5.75 Å². The smallest absolute Gasteiger partial charge is 0.304 e. The van der Waals surface area contributed by atoms with E-state index in [-0.39, 0.29) is 37.0 Å². The van der Waals surface area contributed by atoms with E-state index in [1.165, 1.54) is 12.1 Å². The molecule has 0 saturated heterocycles. The topological polar surface area (TPSA) is 9.23 Å². The molecule has 0 amide bonds. The van der Waals surface area contributed by atoms with Crippen molar-refractivity contribution in [1.82, 2.24) is 0 Å². The van der Waals surface area contributed by atoms with Crippen LogP contribution in [0, 0.1) is 0 Å². The highest BCUT2D eigenvalue weighted by molar-refractivity contribution is 7.80. The highest BCUT2D eigenvalue weighted by Gasteiger charge is 2.21. The molecule has 1 rings (SSSR count). The number of alkyl halides is 3.